The molecule has 0 spiro atoms. The second-order valence-electron chi connectivity index (χ2n) is 5.80. The van der Waals surface area contributed by atoms with Crippen LogP contribution in [0.2, 0.25) is 0 Å². The van der Waals surface area contributed by atoms with E-state index in [0.29, 0.717) is 13.1 Å². The van der Waals surface area contributed by atoms with Crippen molar-refractivity contribution in [2.24, 2.45) is 5.92 Å². The molecule has 6 nitrogen and oxygen atoms in total. The molecular weight excluding hydrogens is 294 g/mol. The van der Waals surface area contributed by atoms with Crippen LogP contribution in [0.3, 0.4) is 0 Å². The number of benzene rings is 1. The maximum atomic E-state index is 12.1. The highest BCUT2D eigenvalue weighted by Crippen LogP contribution is 2.21. The zero-order valence-corrected chi connectivity index (χ0v) is 13.4. The van der Waals surface area contributed by atoms with Crippen LogP contribution < -0.4 is 10.1 Å². The Labute approximate surface area is 136 Å². The average molecular weight is 315 g/mol. The Bertz CT molecular complexity index is 607. The van der Waals surface area contributed by atoms with Crippen molar-refractivity contribution in [3.8, 4) is 11.8 Å². The fourth-order valence-corrected chi connectivity index (χ4v) is 2.60. The first-order valence-corrected chi connectivity index (χ1v) is 7.61. The third-order valence-corrected chi connectivity index (χ3v) is 3.90. The van der Waals surface area contributed by atoms with E-state index in [1.165, 1.54) is 0 Å². The van der Waals surface area contributed by atoms with E-state index in [9.17, 15) is 9.59 Å². The molecule has 0 saturated carbocycles. The first-order chi connectivity index (χ1) is 11.0. The van der Waals surface area contributed by atoms with Gasteiger partial charge >= 0.3 is 0 Å². The number of methoxy groups -OCH3 is 1. The highest BCUT2D eigenvalue weighted by molar-refractivity contribution is 5.89. The Hall–Kier alpha value is -2.55. The highest BCUT2D eigenvalue weighted by Gasteiger charge is 2.34. The van der Waals surface area contributed by atoms with Crippen LogP contribution in [0.5, 0.6) is 5.75 Å². The number of nitrogens with one attached hydrogen (secondary N) is 1. The average Bonchev–Trinajstić information content (AvgIpc) is 2.89. The summed E-state index contributed by atoms with van der Waals surface area (Å²) in [6.07, 6.45) is 0.489. The number of carbonyl (C=O) groups excluding carboxylic acids is 2. The second-order valence-corrected chi connectivity index (χ2v) is 5.80. The maximum Gasteiger partial charge on any atom is 0.225 e. The van der Waals surface area contributed by atoms with Gasteiger partial charge in [0.1, 0.15) is 5.75 Å². The molecule has 0 aliphatic carbocycles. The van der Waals surface area contributed by atoms with Crippen LogP contribution in [0.1, 0.15) is 25.3 Å². The minimum absolute atomic E-state index is 0.0195. The number of nitrogens with zero attached hydrogens (tertiary/aromatic N) is 2. The van der Waals surface area contributed by atoms with Gasteiger partial charge in [-0.3, -0.25) is 9.59 Å². The van der Waals surface area contributed by atoms with E-state index in [1.807, 2.05) is 30.3 Å². The molecule has 1 heterocycles. The lowest BCUT2D eigenvalue weighted by Crippen LogP contribution is -2.38. The van der Waals surface area contributed by atoms with Crippen LogP contribution in [0, 0.1) is 17.2 Å². The fraction of sp³-hybridized carbons (Fsp3) is 0.471. The molecule has 1 saturated heterocycles. The maximum absolute atomic E-state index is 12.1. The van der Waals surface area contributed by atoms with Crippen LogP contribution in [0.4, 0.5) is 0 Å². The Kier molecular flexibility index (Phi) is 5.58. The fourth-order valence-electron chi connectivity index (χ4n) is 2.60. The van der Waals surface area contributed by atoms with Gasteiger partial charge in [-0.2, -0.15) is 5.26 Å². The van der Waals surface area contributed by atoms with Crippen LogP contribution in [0.15, 0.2) is 24.3 Å². The summed E-state index contributed by atoms with van der Waals surface area (Å²) in [5.74, 6) is 0.249. The Morgan fingerprint density at radius 1 is 1.48 bits per heavy atom. The number of hydrogen-bond acceptors (Lipinski definition) is 4. The molecular formula is C17H21N3O3. The monoisotopic (exact) mass is 315 g/mol. The summed E-state index contributed by atoms with van der Waals surface area (Å²) in [6.45, 7) is 2.68. The molecule has 2 rings (SSSR count). The minimum atomic E-state index is -0.345. The van der Waals surface area contributed by atoms with Crippen molar-refractivity contribution in [3.05, 3.63) is 29.8 Å². The summed E-state index contributed by atoms with van der Waals surface area (Å²) >= 11 is 0. The lowest BCUT2D eigenvalue weighted by Gasteiger charge is -2.18. The summed E-state index contributed by atoms with van der Waals surface area (Å²) in [5.41, 5.74) is 0.998. The van der Waals surface area contributed by atoms with Gasteiger partial charge in [-0.05, 0) is 24.6 Å². The molecule has 1 aliphatic heterocycles. The number of rotatable bonds is 6. The van der Waals surface area contributed by atoms with Crippen molar-refractivity contribution in [1.82, 2.24) is 10.2 Å². The topological polar surface area (TPSA) is 82.4 Å². The summed E-state index contributed by atoms with van der Waals surface area (Å²) in [5, 5.41) is 11.4. The normalized spacial score (nSPS) is 18.4. The summed E-state index contributed by atoms with van der Waals surface area (Å²) in [6, 6.07) is 9.35. The molecule has 0 unspecified atom stereocenters. The number of ether oxygens (including phenoxy) is 1. The van der Waals surface area contributed by atoms with Crippen molar-refractivity contribution < 1.29 is 14.3 Å². The zero-order chi connectivity index (χ0) is 16.8. The third-order valence-electron chi connectivity index (χ3n) is 3.90. The van der Waals surface area contributed by atoms with Gasteiger partial charge in [0, 0.05) is 25.6 Å². The van der Waals surface area contributed by atoms with Crippen LogP contribution in [0.25, 0.3) is 0 Å². The number of hydrogen-bond donors (Lipinski definition) is 1. The van der Waals surface area contributed by atoms with E-state index < -0.39 is 0 Å². The van der Waals surface area contributed by atoms with Crippen molar-refractivity contribution >= 4 is 11.8 Å². The van der Waals surface area contributed by atoms with E-state index in [1.54, 1.807) is 18.9 Å². The predicted octanol–water partition coefficient (Wildman–Crippen LogP) is 1.46. The van der Waals surface area contributed by atoms with E-state index in [4.69, 9.17) is 10.00 Å². The zero-order valence-electron chi connectivity index (χ0n) is 13.4. The lowest BCUT2D eigenvalue weighted by atomic mass is 10.1. The Morgan fingerprint density at radius 3 is 2.78 bits per heavy atom. The predicted molar refractivity (Wildman–Crippen MR) is 84.4 cm³/mol. The summed E-state index contributed by atoms with van der Waals surface area (Å²) in [4.78, 5) is 25.9. The van der Waals surface area contributed by atoms with Gasteiger partial charge in [0.15, 0.2) is 0 Å². The number of nitriles is 1. The Balaban J connectivity index is 1.91. The van der Waals surface area contributed by atoms with E-state index in [0.717, 1.165) is 11.3 Å². The molecule has 122 valence electrons. The molecule has 0 aromatic heterocycles. The standard InChI is InChI=1S/C17H21N3O3/c1-12(7-8-18)19-17(22)14-9-16(21)20(11-14)10-13-3-5-15(23-2)6-4-13/h3-6,12,14H,7,9-11H2,1-2H3,(H,19,22)/t12-,14-/m1/s1. The van der Waals surface area contributed by atoms with Crippen molar-refractivity contribution in [2.75, 3.05) is 13.7 Å². The van der Waals surface area contributed by atoms with Gasteiger partial charge in [0.05, 0.1) is 25.5 Å². The smallest absolute Gasteiger partial charge is 0.225 e. The first kappa shape index (κ1) is 16.8. The van der Waals surface area contributed by atoms with Gasteiger partial charge in [-0.15, -0.1) is 0 Å². The van der Waals surface area contributed by atoms with E-state index in [-0.39, 0.29) is 36.6 Å². The van der Waals surface area contributed by atoms with Gasteiger partial charge < -0.3 is 15.0 Å². The molecule has 2 atom stereocenters. The molecule has 1 aliphatic rings. The quantitative estimate of drug-likeness (QED) is 0.861. The Morgan fingerprint density at radius 2 is 2.17 bits per heavy atom. The molecule has 0 bridgehead atoms. The molecule has 1 aromatic rings. The molecule has 1 N–H and O–H groups in total. The second kappa shape index (κ2) is 7.63. The van der Waals surface area contributed by atoms with Crippen molar-refractivity contribution in [2.45, 2.75) is 32.4 Å². The third kappa shape index (κ3) is 4.46. The van der Waals surface area contributed by atoms with E-state index >= 15 is 0 Å². The van der Waals surface area contributed by atoms with Gasteiger partial charge in [-0.1, -0.05) is 12.1 Å². The van der Waals surface area contributed by atoms with Crippen molar-refractivity contribution in [1.29, 1.82) is 5.26 Å². The van der Waals surface area contributed by atoms with Crippen LogP contribution in [-0.2, 0) is 16.1 Å². The number of amides is 2. The SMILES string of the molecule is COc1ccc(CN2C[C@H](C(=O)N[C@H](C)CC#N)CC2=O)cc1. The van der Waals surface area contributed by atoms with Crippen LogP contribution in [-0.4, -0.2) is 36.4 Å². The first-order valence-electron chi connectivity index (χ1n) is 7.61. The summed E-state index contributed by atoms with van der Waals surface area (Å²) in [7, 11) is 1.61. The lowest BCUT2D eigenvalue weighted by molar-refractivity contribution is -0.129. The molecule has 23 heavy (non-hydrogen) atoms. The molecule has 0 radical (unpaired) electrons. The van der Waals surface area contributed by atoms with Gasteiger partial charge in [-0.25, -0.2) is 0 Å². The highest BCUT2D eigenvalue weighted by atomic mass is 16.5. The van der Waals surface area contributed by atoms with Crippen LogP contribution >= 0.6 is 0 Å². The molecule has 2 amide bonds. The molecule has 6 heteroatoms. The number of carbonyl (C=O) groups is 2. The largest absolute Gasteiger partial charge is 0.497 e. The van der Waals surface area contributed by atoms with Crippen molar-refractivity contribution in [3.63, 3.8) is 0 Å². The van der Waals surface area contributed by atoms with Gasteiger partial charge in [0.25, 0.3) is 0 Å². The van der Waals surface area contributed by atoms with E-state index in [2.05, 4.69) is 5.32 Å². The molecule has 1 aromatic carbocycles. The summed E-state index contributed by atoms with van der Waals surface area (Å²) < 4.78 is 5.11. The van der Waals surface area contributed by atoms with Gasteiger partial charge in [0.2, 0.25) is 11.8 Å². The minimum Gasteiger partial charge on any atom is -0.497 e. The number of likely N-dealkylation sites (tertiary alicyclic amines) is 1. The molecule has 1 fully saturated rings.